The molecule has 0 spiro atoms. The zero-order valence-electron chi connectivity index (χ0n) is 29.2. The van der Waals surface area contributed by atoms with Crippen LogP contribution < -0.4 is 10.4 Å². The molecular weight excluding hydrogens is 587 g/mol. The van der Waals surface area contributed by atoms with E-state index >= 15 is 0 Å². The molecule has 1 aliphatic rings. The van der Waals surface area contributed by atoms with E-state index in [0.29, 0.717) is 0 Å². The maximum Gasteiger partial charge on any atom is 0.417 e. The van der Waals surface area contributed by atoms with Crippen LogP contribution in [0.1, 0.15) is 110 Å². The Bertz CT molecular complexity index is 1350. The van der Waals surface area contributed by atoms with Crippen LogP contribution in [0.5, 0.6) is 0 Å². The van der Waals surface area contributed by atoms with Crippen molar-refractivity contribution in [3.05, 3.63) is 96.1 Å². The van der Waals surface area contributed by atoms with Gasteiger partial charge in [-0.1, -0.05) is 145 Å². The number of unbranched alkanes of at least 4 members (excludes halogenated alkanes) is 5. The van der Waals surface area contributed by atoms with E-state index in [4.69, 9.17) is 9.16 Å². The highest BCUT2D eigenvalue weighted by atomic mass is 28.4. The van der Waals surface area contributed by atoms with Crippen molar-refractivity contribution >= 4 is 30.7 Å². The van der Waals surface area contributed by atoms with Gasteiger partial charge in [-0.25, -0.2) is 9.69 Å². The molecule has 248 valence electrons. The van der Waals surface area contributed by atoms with Gasteiger partial charge in [-0.15, -0.1) is 0 Å². The zero-order valence-corrected chi connectivity index (χ0v) is 30.2. The first-order valence-corrected chi connectivity index (χ1v) is 19.2. The average molecular weight is 642 g/mol. The Hall–Kier alpha value is -3.22. The first-order chi connectivity index (χ1) is 21.9. The summed E-state index contributed by atoms with van der Waals surface area (Å²) in [5.74, 6) is -0.409. The number of ether oxygens (including phenoxy) is 1. The van der Waals surface area contributed by atoms with Gasteiger partial charge in [0, 0.05) is 12.3 Å². The number of imide groups is 1. The number of hydrogen-bond donors (Lipinski definition) is 0. The van der Waals surface area contributed by atoms with Crippen molar-refractivity contribution in [3.63, 3.8) is 0 Å². The quantitative estimate of drug-likeness (QED) is 0.138. The van der Waals surface area contributed by atoms with E-state index < -0.39 is 26.1 Å². The smallest absolute Gasteiger partial charge is 0.417 e. The number of amides is 2. The van der Waals surface area contributed by atoms with Crippen molar-refractivity contribution in [3.8, 4) is 0 Å². The van der Waals surface area contributed by atoms with Crippen molar-refractivity contribution < 1.29 is 18.8 Å². The van der Waals surface area contributed by atoms with Gasteiger partial charge in [0.15, 0.2) is 0 Å². The van der Waals surface area contributed by atoms with E-state index in [0.717, 1.165) is 22.4 Å². The number of carbonyl (C=O) groups excluding carboxylic acids is 2. The van der Waals surface area contributed by atoms with Crippen molar-refractivity contribution in [1.29, 1.82) is 0 Å². The van der Waals surface area contributed by atoms with Crippen molar-refractivity contribution in [1.82, 2.24) is 4.90 Å². The minimum atomic E-state index is -2.91. The Morgan fingerprint density at radius 1 is 0.783 bits per heavy atom. The van der Waals surface area contributed by atoms with E-state index in [1.54, 1.807) is 0 Å². The van der Waals surface area contributed by atoms with Crippen LogP contribution in [-0.2, 0) is 20.4 Å². The molecule has 0 radical (unpaired) electrons. The van der Waals surface area contributed by atoms with Gasteiger partial charge < -0.3 is 9.16 Å². The highest BCUT2D eigenvalue weighted by Crippen LogP contribution is 2.40. The van der Waals surface area contributed by atoms with Gasteiger partial charge in [0.05, 0.1) is 12.6 Å². The normalized spacial score (nSPS) is 17.4. The monoisotopic (exact) mass is 641 g/mol. The molecule has 4 rings (SSSR count). The van der Waals surface area contributed by atoms with Gasteiger partial charge in [0.1, 0.15) is 5.60 Å². The van der Waals surface area contributed by atoms with Gasteiger partial charge in [-0.3, -0.25) is 4.79 Å². The summed E-state index contributed by atoms with van der Waals surface area (Å²) in [6, 6.07) is 29.2. The molecule has 1 aliphatic heterocycles. The van der Waals surface area contributed by atoms with Gasteiger partial charge in [0.2, 0.25) is 5.91 Å². The maximum absolute atomic E-state index is 13.7. The van der Waals surface area contributed by atoms with Crippen LogP contribution in [0.3, 0.4) is 0 Å². The van der Waals surface area contributed by atoms with E-state index in [-0.39, 0.29) is 29.9 Å². The summed E-state index contributed by atoms with van der Waals surface area (Å²) in [6.45, 7) is 14.7. The molecule has 0 bridgehead atoms. The summed E-state index contributed by atoms with van der Waals surface area (Å²) in [6.07, 6.45) is 8.33. The number of rotatable bonds is 13. The van der Waals surface area contributed by atoms with Crippen molar-refractivity contribution in [2.45, 2.75) is 122 Å². The zero-order chi connectivity index (χ0) is 33.4. The molecule has 0 saturated carbocycles. The number of carbonyl (C=O) groups is 2. The van der Waals surface area contributed by atoms with Crippen LogP contribution in [0.4, 0.5) is 4.79 Å². The fourth-order valence-electron chi connectivity index (χ4n) is 6.88. The number of benzene rings is 3. The fraction of sp³-hybridized carbons (Fsp3) is 0.500. The molecule has 1 fully saturated rings. The predicted molar refractivity (Wildman–Crippen MR) is 191 cm³/mol. The minimum Gasteiger partial charge on any atom is -0.443 e. The lowest BCUT2D eigenvalue weighted by atomic mass is 9.91. The highest BCUT2D eigenvalue weighted by molar-refractivity contribution is 6.99. The lowest BCUT2D eigenvalue weighted by molar-refractivity contribution is -0.128. The molecule has 3 aromatic carbocycles. The maximum atomic E-state index is 13.7. The van der Waals surface area contributed by atoms with Crippen LogP contribution in [0.25, 0.3) is 0 Å². The van der Waals surface area contributed by atoms with E-state index in [1.807, 2.05) is 32.9 Å². The van der Waals surface area contributed by atoms with E-state index in [2.05, 4.69) is 100 Å². The highest BCUT2D eigenvalue weighted by Gasteiger charge is 2.53. The summed E-state index contributed by atoms with van der Waals surface area (Å²) in [5, 5.41) is 2.10. The second-order valence-corrected chi connectivity index (χ2v) is 19.2. The first-order valence-electron chi connectivity index (χ1n) is 17.3. The Morgan fingerprint density at radius 2 is 1.33 bits per heavy atom. The third-order valence-corrected chi connectivity index (χ3v) is 14.2. The van der Waals surface area contributed by atoms with Gasteiger partial charge in [0.25, 0.3) is 8.32 Å². The van der Waals surface area contributed by atoms with Gasteiger partial charge in [-0.05, 0) is 60.2 Å². The molecule has 0 aliphatic carbocycles. The topological polar surface area (TPSA) is 55.8 Å². The van der Waals surface area contributed by atoms with Crippen molar-refractivity contribution in [2.24, 2.45) is 0 Å². The summed E-state index contributed by atoms with van der Waals surface area (Å²) >= 11 is 0. The summed E-state index contributed by atoms with van der Waals surface area (Å²) in [5.41, 5.74) is 1.65. The Morgan fingerprint density at radius 3 is 1.85 bits per heavy atom. The number of hydrogen-bond acceptors (Lipinski definition) is 4. The third-order valence-electron chi connectivity index (χ3n) is 9.16. The van der Waals surface area contributed by atoms with Crippen LogP contribution in [0.2, 0.25) is 5.04 Å². The number of nitrogens with zero attached hydrogens (tertiary/aromatic N) is 1. The van der Waals surface area contributed by atoms with Crippen molar-refractivity contribution in [2.75, 3.05) is 6.61 Å². The predicted octanol–water partition coefficient (Wildman–Crippen LogP) is 8.79. The molecule has 46 heavy (non-hydrogen) atoms. The molecule has 2 amide bonds. The average Bonchev–Trinajstić information content (AvgIpc) is 3.35. The molecule has 1 heterocycles. The largest absolute Gasteiger partial charge is 0.443 e. The van der Waals surface area contributed by atoms with Gasteiger partial charge >= 0.3 is 6.09 Å². The van der Waals surface area contributed by atoms with Crippen LogP contribution in [0, 0.1) is 0 Å². The Labute approximate surface area is 278 Å². The number of likely N-dealkylation sites (tertiary alicyclic amines) is 1. The lowest BCUT2D eigenvalue weighted by Gasteiger charge is -2.44. The molecule has 0 unspecified atom stereocenters. The first kappa shape index (κ1) is 35.6. The summed E-state index contributed by atoms with van der Waals surface area (Å²) in [7, 11) is -2.91. The Balaban J connectivity index is 1.67. The van der Waals surface area contributed by atoms with Gasteiger partial charge in [-0.2, -0.15) is 0 Å². The van der Waals surface area contributed by atoms with E-state index in [1.165, 1.54) is 49.0 Å². The third kappa shape index (κ3) is 8.57. The second kappa shape index (κ2) is 15.6. The molecule has 0 aromatic heterocycles. The second-order valence-electron chi connectivity index (χ2n) is 14.9. The molecule has 6 heteroatoms. The van der Waals surface area contributed by atoms with Crippen LogP contribution in [0.15, 0.2) is 84.9 Å². The molecule has 5 nitrogen and oxygen atoms in total. The summed E-state index contributed by atoms with van der Waals surface area (Å²) in [4.78, 5) is 28.6. The molecule has 2 atom stereocenters. The number of aryl methyl sites for hydroxylation is 1. The SMILES string of the molecule is CCCCCCCCc1ccc([C@H]2CC(=O)N(C(=O)OC(C)(C)C)[C@H]2CO[Si](c2ccccc2)(c2ccccc2)C(C)(C)C)cc1. The van der Waals surface area contributed by atoms with Crippen LogP contribution in [-0.4, -0.2) is 43.5 Å². The van der Waals surface area contributed by atoms with E-state index in [9.17, 15) is 9.59 Å². The Kier molecular flexibility index (Phi) is 12.1. The van der Waals surface area contributed by atoms with Crippen LogP contribution >= 0.6 is 0 Å². The minimum absolute atomic E-state index is 0.193. The lowest BCUT2D eigenvalue weighted by Crippen LogP contribution is -2.67. The fourth-order valence-corrected chi connectivity index (χ4v) is 11.5. The molecule has 0 N–H and O–H groups in total. The molecular formula is C40H55NO4Si. The summed E-state index contributed by atoms with van der Waals surface area (Å²) < 4.78 is 13.1. The molecule has 3 aromatic rings. The molecule has 1 saturated heterocycles. The standard InChI is InChI=1S/C40H55NO4Si/c1-8-9-10-11-12-15-20-31-25-27-32(28-26-31)35-29-37(42)41(38(43)45-39(2,3)4)36(35)30-44-46(40(5,6)7,33-21-16-13-17-22-33)34-23-18-14-19-24-34/h13-14,16-19,21-28,35-36H,8-12,15,20,29-30H2,1-7H3/t35-,36+/m1/s1.